The first-order chi connectivity index (χ1) is 14.0. The molecule has 1 aromatic heterocycles. The van der Waals surface area contributed by atoms with Crippen molar-refractivity contribution >= 4 is 45.5 Å². The van der Waals surface area contributed by atoms with Crippen LogP contribution in [0.25, 0.3) is 6.08 Å². The first-order valence-corrected chi connectivity index (χ1v) is 9.66. The fourth-order valence-electron chi connectivity index (χ4n) is 2.74. The number of pyridine rings is 1. The first-order valence-electron chi connectivity index (χ1n) is 8.86. The van der Waals surface area contributed by atoms with Gasteiger partial charge in [0.2, 0.25) is 0 Å². The van der Waals surface area contributed by atoms with Crippen LogP contribution in [0.3, 0.4) is 0 Å². The zero-order chi connectivity index (χ0) is 21.0. The summed E-state index contributed by atoms with van der Waals surface area (Å²) < 4.78 is 11.8. The summed E-state index contributed by atoms with van der Waals surface area (Å²) in [7, 11) is 0. The third kappa shape index (κ3) is 4.29. The average molecular weight is 460 g/mol. The number of aromatic nitrogens is 1. The number of carbonyl (C=O) groups is 3. The Morgan fingerprint density at radius 3 is 2.31 bits per heavy atom. The highest BCUT2D eigenvalue weighted by Gasteiger charge is 2.36. The van der Waals surface area contributed by atoms with Gasteiger partial charge in [-0.15, -0.1) is 0 Å². The summed E-state index contributed by atoms with van der Waals surface area (Å²) in [5.74, 6) is -0.487. The maximum absolute atomic E-state index is 12.9. The Bertz CT molecular complexity index is 991. The Hall–Kier alpha value is -3.20. The van der Waals surface area contributed by atoms with E-state index in [9.17, 15) is 14.4 Å². The number of amides is 4. The van der Waals surface area contributed by atoms with Crippen LogP contribution in [0.15, 0.2) is 46.7 Å². The molecule has 1 saturated heterocycles. The van der Waals surface area contributed by atoms with Gasteiger partial charge in [0.05, 0.1) is 18.9 Å². The molecule has 0 atom stereocenters. The van der Waals surface area contributed by atoms with Crippen molar-refractivity contribution in [3.63, 3.8) is 0 Å². The molecule has 0 radical (unpaired) electrons. The van der Waals surface area contributed by atoms with Crippen LogP contribution < -0.4 is 19.7 Å². The van der Waals surface area contributed by atoms with Crippen molar-refractivity contribution in [1.82, 2.24) is 10.3 Å². The number of nitrogens with zero attached hydrogens (tertiary/aromatic N) is 2. The highest BCUT2D eigenvalue weighted by molar-refractivity contribution is 9.10. The number of halogens is 1. The standard InChI is InChI=1S/C20H18BrN3O5/c1-3-28-16-10-12(15(21)11-17(16)29-4-2)9-14-18(25)23-20(27)24(19(14)26)13-5-7-22-8-6-13/h5-11H,3-4H2,1-2H3,(H,23,25,27)/b14-9+. The monoisotopic (exact) mass is 459 g/mol. The Labute approximate surface area is 175 Å². The predicted molar refractivity (Wildman–Crippen MR) is 110 cm³/mol. The molecule has 0 saturated carbocycles. The van der Waals surface area contributed by atoms with Crippen LogP contribution in [0.2, 0.25) is 0 Å². The van der Waals surface area contributed by atoms with E-state index in [1.54, 1.807) is 12.1 Å². The summed E-state index contributed by atoms with van der Waals surface area (Å²) >= 11 is 3.43. The summed E-state index contributed by atoms with van der Waals surface area (Å²) in [5, 5.41) is 2.19. The topological polar surface area (TPSA) is 97.8 Å². The maximum atomic E-state index is 12.9. The molecule has 150 valence electrons. The van der Waals surface area contributed by atoms with E-state index < -0.39 is 17.8 Å². The van der Waals surface area contributed by atoms with Gasteiger partial charge in [0.25, 0.3) is 11.8 Å². The van der Waals surface area contributed by atoms with Crippen molar-refractivity contribution in [2.24, 2.45) is 0 Å². The minimum Gasteiger partial charge on any atom is -0.490 e. The highest BCUT2D eigenvalue weighted by Crippen LogP contribution is 2.35. The fraction of sp³-hybridized carbons (Fsp3) is 0.200. The lowest BCUT2D eigenvalue weighted by atomic mass is 10.1. The third-order valence-electron chi connectivity index (χ3n) is 3.99. The number of ether oxygens (including phenoxy) is 2. The molecular formula is C20H18BrN3O5. The van der Waals surface area contributed by atoms with E-state index >= 15 is 0 Å². The van der Waals surface area contributed by atoms with Crippen LogP contribution in [0, 0.1) is 0 Å². The number of nitrogens with one attached hydrogen (secondary N) is 1. The number of anilines is 1. The van der Waals surface area contributed by atoms with Gasteiger partial charge in [-0.25, -0.2) is 9.69 Å². The Morgan fingerprint density at radius 2 is 1.69 bits per heavy atom. The summed E-state index contributed by atoms with van der Waals surface area (Å²) in [5.41, 5.74) is 0.648. The van der Waals surface area contributed by atoms with Gasteiger partial charge in [0.15, 0.2) is 11.5 Å². The zero-order valence-corrected chi connectivity index (χ0v) is 17.4. The molecule has 1 aliphatic rings. The molecule has 9 heteroatoms. The lowest BCUT2D eigenvalue weighted by Crippen LogP contribution is -2.54. The molecule has 0 aliphatic carbocycles. The van der Waals surface area contributed by atoms with E-state index in [1.165, 1.54) is 30.6 Å². The van der Waals surface area contributed by atoms with Crippen LogP contribution in [0.4, 0.5) is 10.5 Å². The fourth-order valence-corrected chi connectivity index (χ4v) is 3.18. The molecule has 4 amide bonds. The zero-order valence-electron chi connectivity index (χ0n) is 15.8. The van der Waals surface area contributed by atoms with Gasteiger partial charge < -0.3 is 9.47 Å². The molecule has 0 bridgehead atoms. The smallest absolute Gasteiger partial charge is 0.335 e. The molecule has 1 fully saturated rings. The van der Waals surface area contributed by atoms with Gasteiger partial charge in [-0.05, 0) is 49.8 Å². The molecule has 0 spiro atoms. The summed E-state index contributed by atoms with van der Waals surface area (Å²) in [6, 6.07) is 5.57. The summed E-state index contributed by atoms with van der Waals surface area (Å²) in [6.07, 6.45) is 4.31. The van der Waals surface area contributed by atoms with Gasteiger partial charge in [0, 0.05) is 16.9 Å². The van der Waals surface area contributed by atoms with Gasteiger partial charge in [-0.3, -0.25) is 19.9 Å². The van der Waals surface area contributed by atoms with Gasteiger partial charge >= 0.3 is 6.03 Å². The van der Waals surface area contributed by atoms with Crippen LogP contribution >= 0.6 is 15.9 Å². The highest BCUT2D eigenvalue weighted by atomic mass is 79.9. The van der Waals surface area contributed by atoms with Crippen LogP contribution in [-0.4, -0.2) is 36.0 Å². The molecule has 1 aromatic carbocycles. The van der Waals surface area contributed by atoms with Crippen LogP contribution in [-0.2, 0) is 9.59 Å². The summed E-state index contributed by atoms with van der Waals surface area (Å²) in [4.78, 5) is 42.3. The van der Waals surface area contributed by atoms with E-state index in [0.29, 0.717) is 40.4 Å². The van der Waals surface area contributed by atoms with Crippen LogP contribution in [0.5, 0.6) is 11.5 Å². The maximum Gasteiger partial charge on any atom is 0.335 e. The minimum atomic E-state index is -0.816. The normalized spacial score (nSPS) is 15.5. The van der Waals surface area contributed by atoms with E-state index in [4.69, 9.17) is 9.47 Å². The largest absolute Gasteiger partial charge is 0.490 e. The number of imide groups is 2. The number of benzene rings is 1. The second-order valence-corrected chi connectivity index (χ2v) is 6.70. The van der Waals surface area contributed by atoms with Crippen molar-refractivity contribution in [3.8, 4) is 11.5 Å². The van der Waals surface area contributed by atoms with Gasteiger partial charge in [-0.1, -0.05) is 15.9 Å². The molecule has 2 aromatic rings. The number of hydrogen-bond donors (Lipinski definition) is 1. The van der Waals surface area contributed by atoms with Gasteiger partial charge in [0.1, 0.15) is 5.57 Å². The molecule has 2 heterocycles. The van der Waals surface area contributed by atoms with Crippen molar-refractivity contribution < 1.29 is 23.9 Å². The molecule has 0 unspecified atom stereocenters. The number of urea groups is 1. The van der Waals surface area contributed by atoms with Crippen molar-refractivity contribution in [2.75, 3.05) is 18.1 Å². The van der Waals surface area contributed by atoms with E-state index in [2.05, 4.69) is 26.2 Å². The first kappa shape index (κ1) is 20.5. The SMILES string of the molecule is CCOc1cc(Br)c(/C=C2\C(=O)NC(=O)N(c3ccncc3)C2=O)cc1OCC. The molecule has 29 heavy (non-hydrogen) atoms. The van der Waals surface area contributed by atoms with E-state index in [-0.39, 0.29) is 5.57 Å². The van der Waals surface area contributed by atoms with Gasteiger partial charge in [-0.2, -0.15) is 0 Å². The molecule has 1 aliphatic heterocycles. The Kier molecular flexibility index (Phi) is 6.28. The Morgan fingerprint density at radius 1 is 1.07 bits per heavy atom. The predicted octanol–water partition coefficient (Wildman–Crippen LogP) is 3.31. The number of barbiturate groups is 1. The lowest BCUT2D eigenvalue weighted by molar-refractivity contribution is -0.122. The molecule has 8 nitrogen and oxygen atoms in total. The number of hydrogen-bond acceptors (Lipinski definition) is 6. The Balaban J connectivity index is 2.04. The third-order valence-corrected chi connectivity index (χ3v) is 4.67. The second kappa shape index (κ2) is 8.87. The quantitative estimate of drug-likeness (QED) is 0.525. The van der Waals surface area contributed by atoms with Crippen molar-refractivity contribution in [3.05, 3.63) is 52.3 Å². The lowest BCUT2D eigenvalue weighted by Gasteiger charge is -2.26. The van der Waals surface area contributed by atoms with Crippen molar-refractivity contribution in [1.29, 1.82) is 0 Å². The van der Waals surface area contributed by atoms with E-state index in [1.807, 2.05) is 13.8 Å². The van der Waals surface area contributed by atoms with E-state index in [0.717, 1.165) is 4.90 Å². The molecular weight excluding hydrogens is 442 g/mol. The average Bonchev–Trinajstić information content (AvgIpc) is 2.69. The molecule has 1 N–H and O–H groups in total. The van der Waals surface area contributed by atoms with Crippen molar-refractivity contribution in [2.45, 2.75) is 13.8 Å². The minimum absolute atomic E-state index is 0.186. The summed E-state index contributed by atoms with van der Waals surface area (Å²) in [6.45, 7) is 4.57. The molecule has 3 rings (SSSR count). The second-order valence-electron chi connectivity index (χ2n) is 5.85. The number of rotatable bonds is 6. The number of carbonyl (C=O) groups excluding carboxylic acids is 3. The van der Waals surface area contributed by atoms with Crippen LogP contribution in [0.1, 0.15) is 19.4 Å².